The molecule has 0 spiro atoms. The van der Waals surface area contributed by atoms with Crippen molar-refractivity contribution in [1.82, 2.24) is 15.1 Å². The highest BCUT2D eigenvalue weighted by Gasteiger charge is 2.19. The number of nitrogens with one attached hydrogen (secondary N) is 1. The number of nitro benzene ring substituents is 1. The van der Waals surface area contributed by atoms with Gasteiger partial charge in [-0.1, -0.05) is 13.8 Å². The Morgan fingerprint density at radius 2 is 2.00 bits per heavy atom. The Morgan fingerprint density at radius 3 is 2.56 bits per heavy atom. The van der Waals surface area contributed by atoms with Gasteiger partial charge in [0.1, 0.15) is 5.69 Å². The number of carbonyl (C=O) groups excluding carboxylic acids is 1. The van der Waals surface area contributed by atoms with Crippen molar-refractivity contribution in [2.75, 3.05) is 6.54 Å². The van der Waals surface area contributed by atoms with Crippen molar-refractivity contribution in [1.29, 1.82) is 0 Å². The fourth-order valence-corrected chi connectivity index (χ4v) is 2.54. The van der Waals surface area contributed by atoms with E-state index in [1.807, 2.05) is 13.8 Å². The number of hydrogen-bond acceptors (Lipinski definition) is 5. The van der Waals surface area contributed by atoms with E-state index in [1.54, 1.807) is 25.4 Å². The molecule has 134 valence electrons. The van der Waals surface area contributed by atoms with Crippen molar-refractivity contribution in [2.24, 2.45) is 13.0 Å². The number of rotatable bonds is 7. The second-order valence-corrected chi connectivity index (χ2v) is 6.36. The molecule has 0 radical (unpaired) electrons. The number of aryl methyl sites for hydroxylation is 1. The summed E-state index contributed by atoms with van der Waals surface area (Å²) in [7, 11) is 1.69. The third-order valence-electron chi connectivity index (χ3n) is 3.67. The molecule has 1 amide bonds. The van der Waals surface area contributed by atoms with Crippen LogP contribution in [0.15, 0.2) is 30.5 Å². The quantitative estimate of drug-likeness (QED) is 0.589. The first-order valence-corrected chi connectivity index (χ1v) is 8.02. The molecule has 0 aliphatic carbocycles. The second kappa shape index (κ2) is 7.89. The molecule has 0 aliphatic heterocycles. The zero-order valence-corrected chi connectivity index (χ0v) is 14.5. The lowest BCUT2D eigenvalue weighted by atomic mass is 10.1. The molecule has 0 saturated heterocycles. The molecular formula is C17H22N4O4. The first kappa shape index (κ1) is 18.6. The normalized spacial score (nSPS) is 12.2. The lowest BCUT2D eigenvalue weighted by Gasteiger charge is -2.13. The Morgan fingerprint density at radius 1 is 1.36 bits per heavy atom. The van der Waals surface area contributed by atoms with Crippen molar-refractivity contribution in [3.8, 4) is 11.3 Å². The summed E-state index contributed by atoms with van der Waals surface area (Å²) in [6, 6.07) is 5.87. The van der Waals surface area contributed by atoms with Gasteiger partial charge in [0, 0.05) is 37.5 Å². The first-order valence-electron chi connectivity index (χ1n) is 8.02. The molecule has 0 saturated carbocycles. The lowest BCUT2D eigenvalue weighted by Crippen LogP contribution is -2.32. The molecule has 1 atom stereocenters. The Hall–Kier alpha value is -2.74. The van der Waals surface area contributed by atoms with Crippen LogP contribution in [0, 0.1) is 16.0 Å². The molecule has 0 bridgehead atoms. The van der Waals surface area contributed by atoms with Crippen LogP contribution in [-0.4, -0.2) is 38.4 Å². The van der Waals surface area contributed by atoms with Gasteiger partial charge in [-0.2, -0.15) is 5.10 Å². The fraction of sp³-hybridized carbons (Fsp3) is 0.412. The Balaban J connectivity index is 2.17. The maximum Gasteiger partial charge on any atom is 0.269 e. The van der Waals surface area contributed by atoms with Crippen molar-refractivity contribution >= 4 is 11.6 Å². The number of amides is 1. The van der Waals surface area contributed by atoms with Crippen molar-refractivity contribution in [3.63, 3.8) is 0 Å². The van der Waals surface area contributed by atoms with Crippen LogP contribution in [0.4, 0.5) is 5.69 Å². The minimum Gasteiger partial charge on any atom is -0.391 e. The Bertz CT molecular complexity index is 753. The van der Waals surface area contributed by atoms with Gasteiger partial charge in [-0.3, -0.25) is 19.6 Å². The highest BCUT2D eigenvalue weighted by molar-refractivity contribution is 5.99. The predicted octanol–water partition coefficient (Wildman–Crippen LogP) is 2.13. The monoisotopic (exact) mass is 346 g/mol. The van der Waals surface area contributed by atoms with Crippen LogP contribution in [-0.2, 0) is 7.05 Å². The summed E-state index contributed by atoms with van der Waals surface area (Å²) < 4.78 is 1.51. The van der Waals surface area contributed by atoms with Crippen molar-refractivity contribution in [2.45, 2.75) is 26.4 Å². The number of non-ortho nitro benzene ring substituents is 1. The van der Waals surface area contributed by atoms with Crippen LogP contribution in [0.3, 0.4) is 0 Å². The number of nitro groups is 1. The number of aromatic nitrogens is 2. The number of aliphatic hydroxyl groups excluding tert-OH is 1. The van der Waals surface area contributed by atoms with Crippen LogP contribution in [0.5, 0.6) is 0 Å². The van der Waals surface area contributed by atoms with Gasteiger partial charge in [-0.25, -0.2) is 0 Å². The molecule has 2 aromatic rings. The van der Waals surface area contributed by atoms with E-state index in [4.69, 9.17) is 0 Å². The van der Waals surface area contributed by atoms with Gasteiger partial charge in [-0.15, -0.1) is 0 Å². The molecule has 0 aliphatic rings. The van der Waals surface area contributed by atoms with E-state index in [9.17, 15) is 20.0 Å². The molecule has 0 fully saturated rings. The Labute approximate surface area is 145 Å². The molecule has 1 aromatic heterocycles. The van der Waals surface area contributed by atoms with Gasteiger partial charge < -0.3 is 10.4 Å². The summed E-state index contributed by atoms with van der Waals surface area (Å²) in [5.74, 6) is -0.00905. The summed E-state index contributed by atoms with van der Waals surface area (Å²) >= 11 is 0. The maximum atomic E-state index is 12.4. The topological polar surface area (TPSA) is 110 Å². The zero-order chi connectivity index (χ0) is 18.6. The highest BCUT2D eigenvalue weighted by Crippen LogP contribution is 2.24. The molecular weight excluding hydrogens is 324 g/mol. The van der Waals surface area contributed by atoms with Gasteiger partial charge in [-0.05, 0) is 24.5 Å². The van der Waals surface area contributed by atoms with Gasteiger partial charge in [0.15, 0.2) is 0 Å². The minimum atomic E-state index is -0.608. The van der Waals surface area contributed by atoms with E-state index >= 15 is 0 Å². The van der Waals surface area contributed by atoms with Crippen LogP contribution < -0.4 is 5.32 Å². The summed E-state index contributed by atoms with van der Waals surface area (Å²) in [6.07, 6.45) is 1.58. The van der Waals surface area contributed by atoms with Crippen LogP contribution >= 0.6 is 0 Å². The molecule has 25 heavy (non-hydrogen) atoms. The lowest BCUT2D eigenvalue weighted by molar-refractivity contribution is -0.384. The average Bonchev–Trinajstić information content (AvgIpc) is 2.94. The highest BCUT2D eigenvalue weighted by atomic mass is 16.6. The molecule has 2 N–H and O–H groups in total. The zero-order valence-electron chi connectivity index (χ0n) is 14.5. The van der Waals surface area contributed by atoms with Crippen LogP contribution in [0.1, 0.15) is 30.6 Å². The number of benzene rings is 1. The third-order valence-corrected chi connectivity index (χ3v) is 3.67. The van der Waals surface area contributed by atoms with Crippen molar-refractivity contribution < 1.29 is 14.8 Å². The predicted molar refractivity (Wildman–Crippen MR) is 93.1 cm³/mol. The number of nitrogens with zero attached hydrogens (tertiary/aromatic N) is 3. The van der Waals surface area contributed by atoms with Crippen molar-refractivity contribution in [3.05, 3.63) is 46.1 Å². The van der Waals surface area contributed by atoms with Gasteiger partial charge in [0.25, 0.3) is 11.6 Å². The smallest absolute Gasteiger partial charge is 0.269 e. The van der Waals surface area contributed by atoms with E-state index < -0.39 is 11.0 Å². The van der Waals surface area contributed by atoms with E-state index in [0.29, 0.717) is 29.2 Å². The van der Waals surface area contributed by atoms with E-state index in [0.717, 1.165) is 0 Å². The molecule has 1 aromatic carbocycles. The maximum absolute atomic E-state index is 12.4. The van der Waals surface area contributed by atoms with E-state index in [-0.39, 0.29) is 18.1 Å². The largest absolute Gasteiger partial charge is 0.391 e. The first-order chi connectivity index (χ1) is 11.8. The fourth-order valence-electron chi connectivity index (χ4n) is 2.54. The average molecular weight is 346 g/mol. The number of hydrogen-bond donors (Lipinski definition) is 2. The molecule has 1 heterocycles. The SMILES string of the molecule is CC(C)CC(O)CNC(=O)c1cn(C)nc1-c1ccc([N+](=O)[O-])cc1. The third kappa shape index (κ3) is 4.87. The van der Waals surface area contributed by atoms with E-state index in [2.05, 4.69) is 10.4 Å². The summed E-state index contributed by atoms with van der Waals surface area (Å²) in [6.45, 7) is 4.16. The second-order valence-electron chi connectivity index (χ2n) is 6.36. The summed E-state index contributed by atoms with van der Waals surface area (Å²) in [4.78, 5) is 22.7. The van der Waals surface area contributed by atoms with Gasteiger partial charge >= 0.3 is 0 Å². The summed E-state index contributed by atoms with van der Waals surface area (Å²) in [5.41, 5.74) is 1.38. The summed E-state index contributed by atoms with van der Waals surface area (Å²) in [5, 5.41) is 27.6. The van der Waals surface area contributed by atoms with Gasteiger partial charge in [0.05, 0.1) is 16.6 Å². The molecule has 8 heteroatoms. The number of aliphatic hydroxyl groups is 1. The van der Waals surface area contributed by atoms with E-state index in [1.165, 1.54) is 16.8 Å². The standard InChI is InChI=1S/C17H22N4O4/c1-11(2)8-14(22)9-18-17(23)15-10-20(3)19-16(15)12-4-6-13(7-5-12)21(24)25/h4-7,10-11,14,22H,8-9H2,1-3H3,(H,18,23). The number of carbonyl (C=O) groups is 1. The van der Waals surface area contributed by atoms with Crippen LogP contribution in [0.2, 0.25) is 0 Å². The molecule has 8 nitrogen and oxygen atoms in total. The molecule has 1 unspecified atom stereocenters. The minimum absolute atomic E-state index is 0.0255. The Kier molecular flexibility index (Phi) is 5.87. The van der Waals surface area contributed by atoms with Gasteiger partial charge in [0.2, 0.25) is 0 Å². The molecule has 2 rings (SSSR count). The van der Waals surface area contributed by atoms with Crippen LogP contribution in [0.25, 0.3) is 11.3 Å².